The highest BCUT2D eigenvalue weighted by atomic mass is 35.5. The Bertz CT molecular complexity index is 1050. The molecule has 1 saturated heterocycles. The molecular weight excluding hydrogens is 426 g/mol. The van der Waals surface area contributed by atoms with Crippen LogP contribution in [0.1, 0.15) is 62.2 Å². The topological polar surface area (TPSA) is 56.5 Å². The van der Waals surface area contributed by atoms with E-state index in [2.05, 4.69) is 4.90 Å². The molecule has 0 bridgehead atoms. The van der Waals surface area contributed by atoms with Crippen molar-refractivity contribution in [2.45, 2.75) is 64.0 Å². The molecule has 32 heavy (non-hydrogen) atoms. The summed E-state index contributed by atoms with van der Waals surface area (Å²) in [5.74, 6) is 1.41. The Morgan fingerprint density at radius 2 is 1.75 bits per heavy atom. The van der Waals surface area contributed by atoms with E-state index in [0.717, 1.165) is 80.1 Å². The summed E-state index contributed by atoms with van der Waals surface area (Å²) in [5, 5.41) is 0.793. The van der Waals surface area contributed by atoms with Crippen LogP contribution in [0, 0.1) is 5.92 Å². The highest BCUT2D eigenvalue weighted by Crippen LogP contribution is 2.29. The van der Waals surface area contributed by atoms with Crippen LogP contribution in [0.4, 0.5) is 0 Å². The Kier molecular flexibility index (Phi) is 7.41. The van der Waals surface area contributed by atoms with Crippen molar-refractivity contribution in [1.82, 2.24) is 14.0 Å². The zero-order chi connectivity index (χ0) is 22.7. The Morgan fingerprint density at radius 3 is 2.44 bits per heavy atom. The molecule has 1 aliphatic heterocycles. The van der Waals surface area contributed by atoms with Crippen LogP contribution in [0.5, 0.6) is 5.75 Å². The smallest absolute Gasteiger partial charge is 0.331 e. The molecule has 2 heterocycles. The lowest BCUT2D eigenvalue weighted by atomic mass is 9.90. The number of benzene rings is 1. The van der Waals surface area contributed by atoms with Crippen LogP contribution in [0.3, 0.4) is 0 Å². The number of halogens is 1. The molecule has 1 aromatic heterocycles. The van der Waals surface area contributed by atoms with E-state index in [1.54, 1.807) is 24.8 Å². The van der Waals surface area contributed by atoms with Gasteiger partial charge in [-0.15, -0.1) is 0 Å². The average Bonchev–Trinajstić information content (AvgIpc) is 2.81. The van der Waals surface area contributed by atoms with Crippen LogP contribution in [0.15, 0.2) is 33.9 Å². The van der Waals surface area contributed by atoms with E-state index in [1.165, 1.54) is 11.0 Å². The minimum Gasteiger partial charge on any atom is -0.497 e. The van der Waals surface area contributed by atoms with Gasteiger partial charge < -0.3 is 4.74 Å². The van der Waals surface area contributed by atoms with Crippen LogP contribution >= 0.6 is 11.6 Å². The molecule has 2 aromatic rings. The number of rotatable bonds is 6. The molecule has 0 N–H and O–H groups in total. The molecule has 2 aliphatic rings. The molecule has 7 heteroatoms. The Morgan fingerprint density at radius 1 is 1.03 bits per heavy atom. The summed E-state index contributed by atoms with van der Waals surface area (Å²) in [6.45, 7) is 2.54. The lowest BCUT2D eigenvalue weighted by Gasteiger charge is -2.32. The van der Waals surface area contributed by atoms with Gasteiger partial charge in [-0.05, 0) is 74.9 Å². The third-order valence-corrected chi connectivity index (χ3v) is 7.61. The molecule has 1 aliphatic carbocycles. The first-order chi connectivity index (χ1) is 15.5. The summed E-state index contributed by atoms with van der Waals surface area (Å²) in [6, 6.07) is 7.56. The molecule has 0 atom stereocenters. The highest BCUT2D eigenvalue weighted by molar-refractivity contribution is 6.31. The quantitative estimate of drug-likeness (QED) is 0.650. The molecule has 1 saturated carbocycles. The fourth-order valence-electron chi connectivity index (χ4n) is 5.24. The molecule has 1 aromatic carbocycles. The van der Waals surface area contributed by atoms with E-state index in [1.807, 2.05) is 18.2 Å². The van der Waals surface area contributed by atoms with Crippen LogP contribution in [-0.4, -0.2) is 34.2 Å². The zero-order valence-electron chi connectivity index (χ0n) is 19.2. The monoisotopic (exact) mass is 459 g/mol. The van der Waals surface area contributed by atoms with Gasteiger partial charge in [-0.2, -0.15) is 0 Å². The number of aromatic nitrogens is 2. The van der Waals surface area contributed by atoms with E-state index in [0.29, 0.717) is 12.5 Å². The van der Waals surface area contributed by atoms with Gasteiger partial charge in [0.15, 0.2) is 0 Å². The average molecular weight is 460 g/mol. The minimum atomic E-state index is -0.165. The number of likely N-dealkylation sites (tertiary alicyclic amines) is 1. The van der Waals surface area contributed by atoms with E-state index in [9.17, 15) is 9.59 Å². The first-order valence-corrected chi connectivity index (χ1v) is 12.2. The minimum absolute atomic E-state index is 0.0585. The molecule has 0 amide bonds. The first-order valence-electron chi connectivity index (χ1n) is 11.8. The Hall–Kier alpha value is -2.05. The van der Waals surface area contributed by atoms with Crippen molar-refractivity contribution in [3.05, 3.63) is 61.4 Å². The molecule has 6 nitrogen and oxygen atoms in total. The van der Waals surface area contributed by atoms with Crippen LogP contribution in [0.2, 0.25) is 5.02 Å². The predicted molar refractivity (Wildman–Crippen MR) is 128 cm³/mol. The van der Waals surface area contributed by atoms with Gasteiger partial charge in [0, 0.05) is 36.4 Å². The van der Waals surface area contributed by atoms with Crippen molar-refractivity contribution in [2.24, 2.45) is 13.0 Å². The van der Waals surface area contributed by atoms with Crippen molar-refractivity contribution < 1.29 is 4.74 Å². The Labute approximate surface area is 194 Å². The molecule has 4 rings (SSSR count). The third-order valence-electron chi connectivity index (χ3n) is 7.25. The fourth-order valence-corrected chi connectivity index (χ4v) is 5.43. The normalized spacial score (nSPS) is 18.7. The second-order valence-corrected chi connectivity index (χ2v) is 9.77. The van der Waals surface area contributed by atoms with Crippen molar-refractivity contribution >= 4 is 11.6 Å². The van der Waals surface area contributed by atoms with E-state index < -0.39 is 0 Å². The van der Waals surface area contributed by atoms with Crippen molar-refractivity contribution in [3.63, 3.8) is 0 Å². The van der Waals surface area contributed by atoms with Gasteiger partial charge in [0.25, 0.3) is 5.56 Å². The largest absolute Gasteiger partial charge is 0.497 e. The van der Waals surface area contributed by atoms with Crippen LogP contribution in [-0.2, 0) is 20.0 Å². The summed E-state index contributed by atoms with van der Waals surface area (Å²) in [5.41, 5.74) is 1.64. The van der Waals surface area contributed by atoms with Crippen LogP contribution in [0.25, 0.3) is 0 Å². The molecular formula is C25H34ClN3O3. The number of piperidine rings is 1. The lowest BCUT2D eigenvalue weighted by molar-refractivity contribution is 0.173. The number of nitrogens with zero attached hydrogens (tertiary/aromatic N) is 3. The van der Waals surface area contributed by atoms with Crippen molar-refractivity contribution in [2.75, 3.05) is 20.2 Å². The maximum Gasteiger partial charge on any atom is 0.331 e. The number of hydrogen-bond acceptors (Lipinski definition) is 4. The SMILES string of the molecule is COc1ccc(Cl)c(CC2CCN(Cc3cc(=O)n(C4CCCCC4)c(=O)n3C)CC2)c1. The molecule has 174 valence electrons. The van der Waals surface area contributed by atoms with Gasteiger partial charge in [0.05, 0.1) is 7.11 Å². The van der Waals surface area contributed by atoms with Crippen molar-refractivity contribution in [3.8, 4) is 5.75 Å². The van der Waals surface area contributed by atoms with Gasteiger partial charge in [-0.1, -0.05) is 30.9 Å². The van der Waals surface area contributed by atoms with Gasteiger partial charge >= 0.3 is 5.69 Å². The summed E-state index contributed by atoms with van der Waals surface area (Å²) in [6.07, 6.45) is 8.33. The van der Waals surface area contributed by atoms with Crippen LogP contribution < -0.4 is 16.0 Å². The van der Waals surface area contributed by atoms with Gasteiger partial charge in [-0.3, -0.25) is 18.8 Å². The number of ether oxygens (including phenoxy) is 1. The Balaban J connectivity index is 1.39. The molecule has 0 radical (unpaired) electrons. The molecule has 2 fully saturated rings. The highest BCUT2D eigenvalue weighted by Gasteiger charge is 2.24. The van der Waals surface area contributed by atoms with E-state index >= 15 is 0 Å². The van der Waals surface area contributed by atoms with E-state index in [4.69, 9.17) is 16.3 Å². The van der Waals surface area contributed by atoms with E-state index in [-0.39, 0.29) is 17.3 Å². The second-order valence-electron chi connectivity index (χ2n) is 9.36. The number of methoxy groups -OCH3 is 1. The maximum atomic E-state index is 13.0. The van der Waals surface area contributed by atoms with Gasteiger partial charge in [0.1, 0.15) is 5.75 Å². The summed E-state index contributed by atoms with van der Waals surface area (Å²) in [7, 11) is 3.47. The maximum absolute atomic E-state index is 13.0. The summed E-state index contributed by atoms with van der Waals surface area (Å²) < 4.78 is 8.51. The standard InChI is InChI=1S/C25H34ClN3O3/c1-27-21(16-24(30)29(25(27)31)20-6-4-3-5-7-20)17-28-12-10-18(11-13-28)14-19-15-22(32-2)8-9-23(19)26/h8-9,15-16,18,20H,3-7,10-14,17H2,1-2H3. The molecule has 0 unspecified atom stereocenters. The van der Waals surface area contributed by atoms with Gasteiger partial charge in [0.2, 0.25) is 0 Å². The van der Waals surface area contributed by atoms with Crippen molar-refractivity contribution in [1.29, 1.82) is 0 Å². The number of hydrogen-bond donors (Lipinski definition) is 0. The van der Waals surface area contributed by atoms with Gasteiger partial charge in [-0.25, -0.2) is 4.79 Å². The second kappa shape index (κ2) is 10.3. The zero-order valence-corrected chi connectivity index (χ0v) is 19.9. The lowest BCUT2D eigenvalue weighted by Crippen LogP contribution is -2.44. The summed E-state index contributed by atoms with van der Waals surface area (Å²) >= 11 is 6.39. The molecule has 0 spiro atoms. The third kappa shape index (κ3) is 5.12. The first kappa shape index (κ1) is 23.1. The predicted octanol–water partition coefficient (Wildman–Crippen LogP) is 4.17. The fraction of sp³-hybridized carbons (Fsp3) is 0.600. The summed E-state index contributed by atoms with van der Waals surface area (Å²) in [4.78, 5) is 28.1.